The van der Waals surface area contributed by atoms with Crippen molar-refractivity contribution in [3.8, 4) is 0 Å². The highest BCUT2D eigenvalue weighted by Crippen LogP contribution is 2.07. The second kappa shape index (κ2) is 3.35. The quantitative estimate of drug-likeness (QED) is 0.581. The topological polar surface area (TPSA) is 15.3 Å². The van der Waals surface area contributed by atoms with E-state index in [4.69, 9.17) is 1.41 Å². The number of hydrogen-bond donors (Lipinski definition) is 1. The summed E-state index contributed by atoms with van der Waals surface area (Å²) in [6, 6.07) is 1.09. The summed E-state index contributed by atoms with van der Waals surface area (Å²) in [5.74, 6) is 0. The molecular weight excluding hydrogens is 124 g/mol. The lowest BCUT2D eigenvalue weighted by atomic mass is 10.1. The third kappa shape index (κ3) is 1.50. The molecule has 1 aliphatic rings. The highest BCUT2D eigenvalue weighted by atomic mass is 15.2. The van der Waals surface area contributed by atoms with Gasteiger partial charge in [0.15, 0.2) is 0 Å². The molecule has 0 amide bonds. The summed E-state index contributed by atoms with van der Waals surface area (Å²) in [7, 11) is 0. The Morgan fingerprint density at radius 3 is 2.40 bits per heavy atom. The van der Waals surface area contributed by atoms with Crippen molar-refractivity contribution in [1.29, 1.82) is 0 Å². The molecular formula is C8H18N2. The minimum atomic E-state index is 0.543. The van der Waals surface area contributed by atoms with E-state index in [0.29, 0.717) is 12.1 Å². The molecule has 0 spiro atoms. The predicted molar refractivity (Wildman–Crippen MR) is 44.2 cm³/mol. The summed E-state index contributed by atoms with van der Waals surface area (Å²) < 4.78 is 7.50. The summed E-state index contributed by atoms with van der Waals surface area (Å²) in [5.41, 5.74) is 0. The van der Waals surface area contributed by atoms with Gasteiger partial charge in [-0.05, 0) is 20.4 Å². The van der Waals surface area contributed by atoms with E-state index in [1.165, 1.54) is 0 Å². The predicted octanol–water partition coefficient (Wildman–Crippen LogP) is 0.689. The minimum absolute atomic E-state index is 0.543. The van der Waals surface area contributed by atoms with Crippen molar-refractivity contribution in [3.63, 3.8) is 0 Å². The average molecular weight is 143 g/mol. The maximum atomic E-state index is 7.50. The van der Waals surface area contributed by atoms with Crippen LogP contribution in [0.5, 0.6) is 0 Å². The maximum absolute atomic E-state index is 7.50. The molecule has 0 unspecified atom stereocenters. The molecule has 0 radical (unpaired) electrons. The highest BCUT2D eigenvalue weighted by Gasteiger charge is 2.21. The number of hydrogen-bond acceptors (Lipinski definition) is 2. The van der Waals surface area contributed by atoms with Crippen LogP contribution in [0.1, 0.15) is 20.8 Å². The van der Waals surface area contributed by atoms with Crippen LogP contribution < -0.4 is 5.31 Å². The number of nitrogens with zero attached hydrogens (tertiary/aromatic N) is 1. The Hall–Kier alpha value is -0.0800. The van der Waals surface area contributed by atoms with Crippen molar-refractivity contribution in [2.24, 2.45) is 0 Å². The maximum Gasteiger partial charge on any atom is 0.122 e. The molecule has 0 aromatic rings. The fraction of sp³-hybridized carbons (Fsp3) is 1.00. The number of likely N-dealkylation sites (N-methyl/N-ethyl adjacent to an activating group) is 1. The van der Waals surface area contributed by atoms with Gasteiger partial charge in [0, 0.05) is 25.2 Å². The van der Waals surface area contributed by atoms with Gasteiger partial charge in [-0.3, -0.25) is 4.90 Å². The third-order valence-corrected chi connectivity index (χ3v) is 2.28. The van der Waals surface area contributed by atoms with Crippen LogP contribution in [-0.4, -0.2) is 36.6 Å². The molecule has 0 aliphatic carbocycles. The second-order valence-corrected chi connectivity index (χ2v) is 3.12. The van der Waals surface area contributed by atoms with Crippen molar-refractivity contribution in [2.45, 2.75) is 32.9 Å². The number of piperazine rings is 1. The van der Waals surface area contributed by atoms with E-state index in [2.05, 4.69) is 25.7 Å². The first-order valence-corrected chi connectivity index (χ1v) is 4.14. The van der Waals surface area contributed by atoms with Gasteiger partial charge in [0.25, 0.3) is 0 Å². The summed E-state index contributed by atoms with van der Waals surface area (Å²) in [4.78, 5) is 2.45. The largest absolute Gasteiger partial charge is 0.314 e. The Bertz CT molecular complexity index is 117. The smallest absolute Gasteiger partial charge is 0.122 e. The Morgan fingerprint density at radius 1 is 1.50 bits per heavy atom. The summed E-state index contributed by atoms with van der Waals surface area (Å²) >= 11 is 0. The lowest BCUT2D eigenvalue weighted by Crippen LogP contribution is -2.54. The molecule has 0 aromatic heterocycles. The molecule has 60 valence electrons. The zero-order chi connectivity index (χ0) is 8.43. The summed E-state index contributed by atoms with van der Waals surface area (Å²) in [6.45, 7) is 9.46. The first-order chi connectivity index (χ1) is 5.15. The van der Waals surface area contributed by atoms with Gasteiger partial charge < -0.3 is 5.31 Å². The van der Waals surface area contributed by atoms with Crippen LogP contribution >= 0.6 is 0 Å². The van der Waals surface area contributed by atoms with Gasteiger partial charge in [0.05, 0.1) is 0 Å². The fourth-order valence-electron chi connectivity index (χ4n) is 1.72. The van der Waals surface area contributed by atoms with E-state index in [0.717, 1.165) is 19.6 Å². The van der Waals surface area contributed by atoms with E-state index in [1.807, 2.05) is 0 Å². The van der Waals surface area contributed by atoms with Crippen LogP contribution in [0.25, 0.3) is 0 Å². The van der Waals surface area contributed by atoms with Gasteiger partial charge in [-0.15, -0.1) is 0 Å². The number of nitrogens with one attached hydrogen (secondary N) is 1. The van der Waals surface area contributed by atoms with Gasteiger partial charge in [-0.25, -0.2) is 0 Å². The Labute approximate surface area is 65.1 Å². The van der Waals surface area contributed by atoms with Crippen LogP contribution in [0.4, 0.5) is 0 Å². The van der Waals surface area contributed by atoms with Crippen molar-refractivity contribution >= 4 is 0 Å². The molecule has 2 nitrogen and oxygen atoms in total. The highest BCUT2D eigenvalue weighted by molar-refractivity contribution is 4.81. The van der Waals surface area contributed by atoms with Crippen molar-refractivity contribution < 1.29 is 1.41 Å². The molecule has 0 bridgehead atoms. The first-order valence-electron chi connectivity index (χ1n) is 4.59. The minimum Gasteiger partial charge on any atom is -0.314 e. The normalized spacial score (nSPS) is 39.7. The summed E-state index contributed by atoms with van der Waals surface area (Å²) in [5, 5.41) is 1.67. The molecule has 1 aliphatic heterocycles. The van der Waals surface area contributed by atoms with E-state index < -0.39 is 0 Å². The molecule has 1 fully saturated rings. The molecule has 2 heteroatoms. The molecule has 10 heavy (non-hydrogen) atoms. The van der Waals surface area contributed by atoms with E-state index in [1.54, 1.807) is 5.31 Å². The van der Waals surface area contributed by atoms with Crippen LogP contribution in [0.3, 0.4) is 0 Å². The Balaban J connectivity index is 2.52. The van der Waals surface area contributed by atoms with Crippen molar-refractivity contribution in [3.05, 3.63) is 0 Å². The van der Waals surface area contributed by atoms with Crippen molar-refractivity contribution in [2.75, 3.05) is 19.6 Å². The molecule has 0 aromatic carbocycles. The molecule has 0 saturated carbocycles. The zero-order valence-electron chi connectivity index (χ0n) is 8.17. The van der Waals surface area contributed by atoms with Crippen LogP contribution in [0, 0.1) is 0 Å². The second-order valence-electron chi connectivity index (χ2n) is 3.12. The van der Waals surface area contributed by atoms with Gasteiger partial charge in [0.1, 0.15) is 1.41 Å². The molecule has 1 heterocycles. The lowest BCUT2D eigenvalue weighted by Gasteiger charge is -2.38. The van der Waals surface area contributed by atoms with Gasteiger partial charge in [-0.1, -0.05) is 6.92 Å². The van der Waals surface area contributed by atoms with E-state index >= 15 is 0 Å². The average Bonchev–Trinajstić information content (AvgIpc) is 1.85. The van der Waals surface area contributed by atoms with E-state index in [9.17, 15) is 0 Å². The lowest BCUT2D eigenvalue weighted by molar-refractivity contribution is 0.124. The van der Waals surface area contributed by atoms with Crippen molar-refractivity contribution in [1.82, 2.24) is 10.2 Å². The summed E-state index contributed by atoms with van der Waals surface area (Å²) in [6.07, 6.45) is 0. The molecule has 1 rings (SSSR count). The Kier molecular flexibility index (Phi) is 2.22. The van der Waals surface area contributed by atoms with Gasteiger partial charge >= 0.3 is 0 Å². The SMILES string of the molecule is [2H]N1C[C@@H](C)N(CC)[C@@H](C)C1. The van der Waals surface area contributed by atoms with Crippen LogP contribution in [0.15, 0.2) is 0 Å². The Morgan fingerprint density at radius 2 is 2.00 bits per heavy atom. The monoisotopic (exact) mass is 143 g/mol. The standard InChI is InChI=1S/C8H18N2/c1-4-10-7(2)5-9-6-8(10)3/h7-9H,4-6H2,1-3H3/t7-,8+/i/hD. The molecule has 1 saturated heterocycles. The van der Waals surface area contributed by atoms with Gasteiger partial charge in [-0.2, -0.15) is 0 Å². The van der Waals surface area contributed by atoms with Crippen LogP contribution in [0.2, 0.25) is 1.41 Å². The zero-order valence-corrected chi connectivity index (χ0v) is 7.17. The number of rotatable bonds is 1. The molecule has 2 atom stereocenters. The van der Waals surface area contributed by atoms with Crippen LogP contribution in [-0.2, 0) is 0 Å². The third-order valence-electron chi connectivity index (χ3n) is 2.28. The fourth-order valence-corrected chi connectivity index (χ4v) is 1.72. The molecule has 1 N–H and O–H groups in total. The van der Waals surface area contributed by atoms with Gasteiger partial charge in [0.2, 0.25) is 0 Å². The van der Waals surface area contributed by atoms with E-state index in [-0.39, 0.29) is 0 Å². The first kappa shape index (κ1) is 6.62.